The molecule has 0 aromatic heterocycles. The third kappa shape index (κ3) is 10.8. The van der Waals surface area contributed by atoms with Crippen LogP contribution < -0.4 is 0 Å². The SMILES string of the molecule is C1=CC=CC=CC=CCCCC=CC=CC=CC=C1. The van der Waals surface area contributed by atoms with E-state index in [1.54, 1.807) is 0 Å². The lowest BCUT2D eigenvalue weighted by atomic mass is 10.2. The van der Waals surface area contributed by atoms with E-state index in [-0.39, 0.29) is 0 Å². The summed E-state index contributed by atoms with van der Waals surface area (Å²) in [4.78, 5) is 0. The van der Waals surface area contributed by atoms with E-state index in [1.165, 1.54) is 6.42 Å². The van der Waals surface area contributed by atoms with Crippen LogP contribution in [0.25, 0.3) is 0 Å². The van der Waals surface area contributed by atoms with Crippen LogP contribution in [0, 0.1) is 0 Å². The number of allylic oxidation sites excluding steroid dienone is 16. The van der Waals surface area contributed by atoms with E-state index in [1.807, 2.05) is 60.8 Å². The zero-order chi connectivity index (χ0) is 13.4. The quantitative estimate of drug-likeness (QED) is 0.523. The second-order valence-corrected chi connectivity index (χ2v) is 4.10. The first kappa shape index (κ1) is 15.0. The summed E-state index contributed by atoms with van der Waals surface area (Å²) in [6.45, 7) is 0. The molecule has 0 aliphatic heterocycles. The minimum absolute atomic E-state index is 1.13. The molecule has 1 aliphatic rings. The molecule has 0 heterocycles. The standard InChI is InChI=1S/C19H22/c1-2-4-6-8-10-12-14-16-18-19-17-15-13-11-9-7-5-3-1/h1-16H,17-19H2. The van der Waals surface area contributed by atoms with Crippen molar-refractivity contribution in [2.24, 2.45) is 0 Å². The van der Waals surface area contributed by atoms with E-state index in [0.29, 0.717) is 0 Å². The van der Waals surface area contributed by atoms with Gasteiger partial charge in [-0.25, -0.2) is 0 Å². The molecule has 19 heavy (non-hydrogen) atoms. The fraction of sp³-hybridized carbons (Fsp3) is 0.158. The Hall–Kier alpha value is -2.08. The molecule has 0 nitrogen and oxygen atoms in total. The molecule has 0 aromatic rings. The Morgan fingerprint density at radius 3 is 0.895 bits per heavy atom. The fourth-order valence-electron chi connectivity index (χ4n) is 1.47. The topological polar surface area (TPSA) is 0 Å². The minimum Gasteiger partial charge on any atom is -0.0845 e. The van der Waals surface area contributed by atoms with Crippen LogP contribution in [-0.2, 0) is 0 Å². The normalized spacial score (nSPS) is 17.3. The molecule has 0 radical (unpaired) electrons. The van der Waals surface area contributed by atoms with Crippen LogP contribution >= 0.6 is 0 Å². The van der Waals surface area contributed by atoms with Crippen molar-refractivity contribution in [2.45, 2.75) is 19.3 Å². The number of hydrogen-bond acceptors (Lipinski definition) is 0. The lowest BCUT2D eigenvalue weighted by molar-refractivity contribution is 0.868. The molecule has 0 aromatic carbocycles. The van der Waals surface area contributed by atoms with Gasteiger partial charge in [0.2, 0.25) is 0 Å². The molecule has 0 fully saturated rings. The molecule has 1 aliphatic carbocycles. The van der Waals surface area contributed by atoms with Crippen LogP contribution in [0.15, 0.2) is 97.2 Å². The highest BCUT2D eigenvalue weighted by atomic mass is 13.8. The molecular weight excluding hydrogens is 228 g/mol. The van der Waals surface area contributed by atoms with Gasteiger partial charge in [-0.15, -0.1) is 0 Å². The molecule has 1 rings (SSSR count). The fourth-order valence-corrected chi connectivity index (χ4v) is 1.47. The van der Waals surface area contributed by atoms with Gasteiger partial charge in [-0.05, 0) is 19.3 Å². The lowest BCUT2D eigenvalue weighted by Crippen LogP contribution is -1.68. The maximum atomic E-state index is 2.21. The molecular formula is C19H22. The number of rotatable bonds is 0. The molecule has 0 bridgehead atoms. The molecule has 0 heteroatoms. The smallest absolute Gasteiger partial charge is 0.0345 e. The summed E-state index contributed by atoms with van der Waals surface area (Å²) in [7, 11) is 0. The molecule has 0 N–H and O–H groups in total. The summed E-state index contributed by atoms with van der Waals surface area (Å²) in [5, 5.41) is 0. The van der Waals surface area contributed by atoms with Gasteiger partial charge < -0.3 is 0 Å². The minimum atomic E-state index is 1.13. The predicted molar refractivity (Wildman–Crippen MR) is 87.0 cm³/mol. The number of hydrogen-bond donors (Lipinski definition) is 0. The molecule has 0 spiro atoms. The molecule has 0 saturated carbocycles. The summed E-state index contributed by atoms with van der Waals surface area (Å²) < 4.78 is 0. The third-order valence-corrected chi connectivity index (χ3v) is 2.46. The van der Waals surface area contributed by atoms with Crippen molar-refractivity contribution in [2.75, 3.05) is 0 Å². The highest BCUT2D eigenvalue weighted by Crippen LogP contribution is 1.98. The van der Waals surface area contributed by atoms with Crippen molar-refractivity contribution in [1.29, 1.82) is 0 Å². The summed E-state index contributed by atoms with van der Waals surface area (Å²) in [6, 6.07) is 0. The van der Waals surface area contributed by atoms with E-state index in [4.69, 9.17) is 0 Å². The molecule has 0 unspecified atom stereocenters. The monoisotopic (exact) mass is 250 g/mol. The van der Waals surface area contributed by atoms with Gasteiger partial charge in [0.1, 0.15) is 0 Å². The molecule has 0 atom stereocenters. The Morgan fingerprint density at radius 1 is 0.316 bits per heavy atom. The van der Waals surface area contributed by atoms with Crippen LogP contribution in [0.3, 0.4) is 0 Å². The van der Waals surface area contributed by atoms with Crippen LogP contribution in [0.2, 0.25) is 0 Å². The van der Waals surface area contributed by atoms with E-state index in [9.17, 15) is 0 Å². The highest BCUT2D eigenvalue weighted by Gasteiger charge is 1.78. The Bertz CT molecular complexity index is 393. The van der Waals surface area contributed by atoms with E-state index >= 15 is 0 Å². The lowest BCUT2D eigenvalue weighted by Gasteiger charge is -1.88. The van der Waals surface area contributed by atoms with Crippen molar-refractivity contribution in [3.63, 3.8) is 0 Å². The first-order valence-electron chi connectivity index (χ1n) is 6.82. The summed E-state index contributed by atoms with van der Waals surface area (Å²) >= 11 is 0. The van der Waals surface area contributed by atoms with Gasteiger partial charge in [0.05, 0.1) is 0 Å². The maximum Gasteiger partial charge on any atom is -0.0345 e. The zero-order valence-corrected chi connectivity index (χ0v) is 11.4. The van der Waals surface area contributed by atoms with Crippen molar-refractivity contribution >= 4 is 0 Å². The zero-order valence-electron chi connectivity index (χ0n) is 11.4. The Balaban J connectivity index is 2.54. The summed E-state index contributed by atoms with van der Waals surface area (Å²) in [5.41, 5.74) is 0. The first-order valence-corrected chi connectivity index (χ1v) is 6.82. The molecule has 0 saturated heterocycles. The van der Waals surface area contributed by atoms with Crippen molar-refractivity contribution in [3.8, 4) is 0 Å². The van der Waals surface area contributed by atoms with Gasteiger partial charge >= 0.3 is 0 Å². The van der Waals surface area contributed by atoms with Gasteiger partial charge in [-0.3, -0.25) is 0 Å². The predicted octanol–water partition coefficient (Wildman–Crippen LogP) is 5.62. The Morgan fingerprint density at radius 2 is 0.579 bits per heavy atom. The van der Waals surface area contributed by atoms with Crippen molar-refractivity contribution < 1.29 is 0 Å². The van der Waals surface area contributed by atoms with Gasteiger partial charge in [0.15, 0.2) is 0 Å². The first-order chi connectivity index (χ1) is 9.50. The molecule has 98 valence electrons. The van der Waals surface area contributed by atoms with Gasteiger partial charge in [-0.1, -0.05) is 97.2 Å². The van der Waals surface area contributed by atoms with E-state index in [2.05, 4.69) is 36.5 Å². The highest BCUT2D eigenvalue weighted by molar-refractivity contribution is 5.21. The van der Waals surface area contributed by atoms with Crippen LogP contribution in [0.5, 0.6) is 0 Å². The van der Waals surface area contributed by atoms with Crippen LogP contribution in [0.1, 0.15) is 19.3 Å². The second kappa shape index (κ2) is 12.4. The largest absolute Gasteiger partial charge is 0.0845 e. The van der Waals surface area contributed by atoms with Gasteiger partial charge in [0, 0.05) is 0 Å². The second-order valence-electron chi connectivity index (χ2n) is 4.10. The van der Waals surface area contributed by atoms with Crippen LogP contribution in [-0.4, -0.2) is 0 Å². The van der Waals surface area contributed by atoms with Crippen molar-refractivity contribution in [1.82, 2.24) is 0 Å². The Labute approximate surface area is 117 Å². The van der Waals surface area contributed by atoms with Crippen LogP contribution in [0.4, 0.5) is 0 Å². The Kier molecular flexibility index (Phi) is 9.76. The van der Waals surface area contributed by atoms with E-state index in [0.717, 1.165) is 12.8 Å². The van der Waals surface area contributed by atoms with Gasteiger partial charge in [0.25, 0.3) is 0 Å². The summed E-state index contributed by atoms with van der Waals surface area (Å²) in [6.07, 6.45) is 36.5. The van der Waals surface area contributed by atoms with E-state index < -0.39 is 0 Å². The summed E-state index contributed by atoms with van der Waals surface area (Å²) in [5.74, 6) is 0. The average molecular weight is 250 g/mol. The van der Waals surface area contributed by atoms with Gasteiger partial charge in [-0.2, -0.15) is 0 Å². The van der Waals surface area contributed by atoms with Crippen molar-refractivity contribution in [3.05, 3.63) is 97.2 Å². The molecule has 0 amide bonds. The maximum absolute atomic E-state index is 2.21. The third-order valence-electron chi connectivity index (χ3n) is 2.46. The average Bonchev–Trinajstić information content (AvgIpc) is 2.43.